The van der Waals surface area contributed by atoms with Gasteiger partial charge in [-0.2, -0.15) is 0 Å². The Hall–Kier alpha value is -2.74. The molecule has 0 saturated carbocycles. The molecule has 0 radical (unpaired) electrons. The fourth-order valence-electron chi connectivity index (χ4n) is 1.69. The molecule has 0 spiro atoms. The minimum absolute atomic E-state index is 0.183. The van der Waals surface area contributed by atoms with E-state index in [0.717, 1.165) is 12.1 Å². The van der Waals surface area contributed by atoms with Crippen LogP contribution in [0.15, 0.2) is 30.3 Å². The van der Waals surface area contributed by atoms with Crippen molar-refractivity contribution >= 4 is 23.3 Å². The summed E-state index contributed by atoms with van der Waals surface area (Å²) in [6.45, 7) is 0. The zero-order valence-electron chi connectivity index (χ0n) is 11.5. The molecule has 0 bridgehead atoms. The minimum atomic E-state index is -1.30. The lowest BCUT2D eigenvalue weighted by atomic mass is 10.2. The summed E-state index contributed by atoms with van der Waals surface area (Å²) in [6, 6.07) is 4.69. The van der Waals surface area contributed by atoms with Crippen LogP contribution in [0.25, 0.3) is 0 Å². The lowest BCUT2D eigenvalue weighted by molar-refractivity contribution is -0.385. The predicted molar refractivity (Wildman–Crippen MR) is 76.0 cm³/mol. The van der Waals surface area contributed by atoms with Crippen molar-refractivity contribution in [2.24, 2.45) is 0 Å². The minimum Gasteiger partial charge on any atom is -0.496 e. The molecule has 0 atom stereocenters. The molecule has 0 N–H and O–H groups in total. The van der Waals surface area contributed by atoms with Crippen LogP contribution < -0.4 is 9.47 Å². The smallest absolute Gasteiger partial charge is 0.345 e. The second kappa shape index (κ2) is 6.57. The van der Waals surface area contributed by atoms with E-state index >= 15 is 0 Å². The van der Waals surface area contributed by atoms with E-state index in [-0.39, 0.29) is 16.5 Å². The highest BCUT2D eigenvalue weighted by molar-refractivity contribution is 6.33. The van der Waals surface area contributed by atoms with Gasteiger partial charge in [-0.05, 0) is 24.3 Å². The predicted octanol–water partition coefficient (Wildman–Crippen LogP) is 3.75. The fraction of sp³-hybridized carbons (Fsp3) is 0.0714. The summed E-state index contributed by atoms with van der Waals surface area (Å²) >= 11 is 5.65. The molecular weight excluding hydrogens is 336 g/mol. The van der Waals surface area contributed by atoms with E-state index in [1.807, 2.05) is 0 Å². The molecule has 6 nitrogen and oxygen atoms in total. The number of rotatable bonds is 4. The van der Waals surface area contributed by atoms with Crippen molar-refractivity contribution in [3.8, 4) is 11.5 Å². The number of hydrogen-bond donors (Lipinski definition) is 0. The number of esters is 1. The SMILES string of the molecule is COc1ccc(OC(=O)c2cc(F)c(F)cc2Cl)c([N+](=O)[O-])c1. The summed E-state index contributed by atoms with van der Waals surface area (Å²) in [6.07, 6.45) is 0. The van der Waals surface area contributed by atoms with Crippen LogP contribution in [-0.2, 0) is 0 Å². The summed E-state index contributed by atoms with van der Waals surface area (Å²) in [5.74, 6) is -3.90. The fourth-order valence-corrected chi connectivity index (χ4v) is 1.91. The Labute approximate surface area is 133 Å². The van der Waals surface area contributed by atoms with Gasteiger partial charge in [-0.15, -0.1) is 0 Å². The summed E-state index contributed by atoms with van der Waals surface area (Å²) in [5.41, 5.74) is -0.993. The number of nitro groups is 1. The molecular formula is C14H8ClF2NO5. The molecule has 0 aliphatic heterocycles. The van der Waals surface area contributed by atoms with Crippen molar-refractivity contribution in [1.82, 2.24) is 0 Å². The molecule has 2 aromatic carbocycles. The molecule has 0 saturated heterocycles. The van der Waals surface area contributed by atoms with Crippen LogP contribution >= 0.6 is 11.6 Å². The molecule has 23 heavy (non-hydrogen) atoms. The van der Waals surface area contributed by atoms with Gasteiger partial charge < -0.3 is 9.47 Å². The normalized spacial score (nSPS) is 10.3. The van der Waals surface area contributed by atoms with Crippen molar-refractivity contribution in [3.63, 3.8) is 0 Å². The Bertz CT molecular complexity index is 797. The molecule has 120 valence electrons. The van der Waals surface area contributed by atoms with Crippen molar-refractivity contribution < 1.29 is 28.0 Å². The van der Waals surface area contributed by atoms with E-state index in [2.05, 4.69) is 0 Å². The highest BCUT2D eigenvalue weighted by Gasteiger charge is 2.22. The maximum atomic E-state index is 13.2. The molecule has 0 amide bonds. The first-order valence-corrected chi connectivity index (χ1v) is 6.40. The maximum Gasteiger partial charge on any atom is 0.345 e. The highest BCUT2D eigenvalue weighted by atomic mass is 35.5. The third-order valence-electron chi connectivity index (χ3n) is 2.80. The van der Waals surface area contributed by atoms with E-state index in [1.165, 1.54) is 13.2 Å². The molecule has 2 aromatic rings. The van der Waals surface area contributed by atoms with Gasteiger partial charge in [0.05, 0.1) is 28.7 Å². The number of carbonyl (C=O) groups is 1. The molecule has 0 aliphatic rings. The van der Waals surface area contributed by atoms with Crippen LogP contribution in [-0.4, -0.2) is 18.0 Å². The first-order valence-electron chi connectivity index (χ1n) is 6.02. The highest BCUT2D eigenvalue weighted by Crippen LogP contribution is 2.32. The largest absolute Gasteiger partial charge is 0.496 e. The van der Waals surface area contributed by atoms with Crippen LogP contribution in [0.5, 0.6) is 11.5 Å². The van der Waals surface area contributed by atoms with Crippen molar-refractivity contribution in [1.29, 1.82) is 0 Å². The third kappa shape index (κ3) is 3.54. The second-order valence-electron chi connectivity index (χ2n) is 4.23. The number of nitrogens with zero attached hydrogens (tertiary/aromatic N) is 1. The molecule has 0 aliphatic carbocycles. The Balaban J connectivity index is 2.37. The lowest BCUT2D eigenvalue weighted by Crippen LogP contribution is -2.11. The Kier molecular flexibility index (Phi) is 4.75. The number of methoxy groups -OCH3 is 1. The second-order valence-corrected chi connectivity index (χ2v) is 4.63. The quantitative estimate of drug-likeness (QED) is 0.278. The topological polar surface area (TPSA) is 78.7 Å². The first-order chi connectivity index (χ1) is 10.8. The van der Waals surface area contributed by atoms with Crippen molar-refractivity contribution in [2.75, 3.05) is 7.11 Å². The van der Waals surface area contributed by atoms with Crippen LogP contribution in [0, 0.1) is 21.7 Å². The third-order valence-corrected chi connectivity index (χ3v) is 3.11. The van der Waals surface area contributed by atoms with Crippen LogP contribution in [0.2, 0.25) is 5.02 Å². The number of nitro benzene ring substituents is 1. The Morgan fingerprint density at radius 2 is 1.87 bits per heavy atom. The Morgan fingerprint density at radius 1 is 1.22 bits per heavy atom. The van der Waals surface area contributed by atoms with Gasteiger partial charge in [-0.1, -0.05) is 11.6 Å². The van der Waals surface area contributed by atoms with Gasteiger partial charge >= 0.3 is 11.7 Å². The van der Waals surface area contributed by atoms with E-state index in [4.69, 9.17) is 21.1 Å². The average molecular weight is 344 g/mol. The van der Waals surface area contributed by atoms with Gasteiger partial charge in [0.1, 0.15) is 5.75 Å². The van der Waals surface area contributed by atoms with Gasteiger partial charge in [0.15, 0.2) is 11.6 Å². The Morgan fingerprint density at radius 3 is 2.48 bits per heavy atom. The number of halogens is 3. The van der Waals surface area contributed by atoms with Crippen LogP contribution in [0.4, 0.5) is 14.5 Å². The number of hydrogen-bond acceptors (Lipinski definition) is 5. The zero-order valence-corrected chi connectivity index (χ0v) is 12.3. The van der Waals surface area contributed by atoms with Gasteiger partial charge in [0, 0.05) is 0 Å². The van der Waals surface area contributed by atoms with Gasteiger partial charge in [-0.25, -0.2) is 13.6 Å². The molecule has 0 aromatic heterocycles. The molecule has 0 fully saturated rings. The summed E-state index contributed by atoms with van der Waals surface area (Å²) in [4.78, 5) is 22.2. The van der Waals surface area contributed by atoms with Crippen LogP contribution in [0.3, 0.4) is 0 Å². The number of carbonyl (C=O) groups excluding carboxylic acids is 1. The zero-order chi connectivity index (χ0) is 17.1. The molecule has 0 heterocycles. The number of ether oxygens (including phenoxy) is 2. The molecule has 0 unspecified atom stereocenters. The van der Waals surface area contributed by atoms with E-state index in [9.17, 15) is 23.7 Å². The summed E-state index contributed by atoms with van der Waals surface area (Å²) in [5, 5.41) is 10.6. The summed E-state index contributed by atoms with van der Waals surface area (Å²) in [7, 11) is 1.31. The van der Waals surface area contributed by atoms with Gasteiger partial charge in [-0.3, -0.25) is 10.1 Å². The average Bonchev–Trinajstić information content (AvgIpc) is 2.50. The molecule has 9 heteroatoms. The lowest BCUT2D eigenvalue weighted by Gasteiger charge is -2.08. The molecule has 2 rings (SSSR count). The standard InChI is InChI=1S/C14H8ClF2NO5/c1-22-7-2-3-13(12(4-7)18(20)21)23-14(19)8-5-10(16)11(17)6-9(8)15/h2-6H,1H3. The van der Waals surface area contributed by atoms with Crippen molar-refractivity contribution in [2.45, 2.75) is 0 Å². The van der Waals surface area contributed by atoms with E-state index in [1.54, 1.807) is 0 Å². The maximum absolute atomic E-state index is 13.2. The summed E-state index contributed by atoms with van der Waals surface area (Å²) < 4.78 is 35.9. The van der Waals surface area contributed by atoms with Gasteiger partial charge in [0.25, 0.3) is 0 Å². The monoisotopic (exact) mass is 343 g/mol. The van der Waals surface area contributed by atoms with E-state index in [0.29, 0.717) is 12.1 Å². The van der Waals surface area contributed by atoms with Gasteiger partial charge in [0.2, 0.25) is 5.75 Å². The first kappa shape index (κ1) is 16.6. The van der Waals surface area contributed by atoms with Crippen molar-refractivity contribution in [3.05, 3.63) is 62.7 Å². The van der Waals surface area contributed by atoms with E-state index < -0.39 is 33.8 Å². The van der Waals surface area contributed by atoms with Crippen LogP contribution in [0.1, 0.15) is 10.4 Å². The number of benzene rings is 2.